The van der Waals surface area contributed by atoms with E-state index in [0.29, 0.717) is 23.8 Å². The first kappa shape index (κ1) is 20.6. The summed E-state index contributed by atoms with van der Waals surface area (Å²) >= 11 is 0. The van der Waals surface area contributed by atoms with Gasteiger partial charge in [0.1, 0.15) is 5.75 Å². The van der Waals surface area contributed by atoms with E-state index in [1.807, 2.05) is 18.3 Å². The smallest absolute Gasteiger partial charge is 0.282 e. The van der Waals surface area contributed by atoms with Gasteiger partial charge >= 0.3 is 0 Å². The maximum atomic E-state index is 13.1. The molecule has 0 amide bonds. The van der Waals surface area contributed by atoms with Crippen molar-refractivity contribution in [1.29, 1.82) is 0 Å². The van der Waals surface area contributed by atoms with E-state index in [0.717, 1.165) is 81.2 Å². The van der Waals surface area contributed by atoms with Gasteiger partial charge in [0.2, 0.25) is 5.95 Å². The molecule has 4 heterocycles. The predicted molar refractivity (Wildman–Crippen MR) is 126 cm³/mol. The third-order valence-corrected chi connectivity index (χ3v) is 7.07. The molecule has 0 spiro atoms. The Bertz CT molecular complexity index is 1250. The lowest BCUT2D eigenvalue weighted by molar-refractivity contribution is 0.0335. The van der Waals surface area contributed by atoms with Crippen molar-refractivity contribution < 1.29 is 9.47 Å². The third kappa shape index (κ3) is 3.98. The molecule has 0 bridgehead atoms. The molecule has 1 N–H and O–H groups in total. The van der Waals surface area contributed by atoms with Crippen molar-refractivity contribution in [3.8, 4) is 5.75 Å². The van der Waals surface area contributed by atoms with E-state index in [9.17, 15) is 4.79 Å². The van der Waals surface area contributed by atoms with Gasteiger partial charge in [-0.3, -0.25) is 14.7 Å². The average Bonchev–Trinajstić information content (AvgIpc) is 3.69. The molecule has 1 aliphatic carbocycles. The Balaban J connectivity index is 1.30. The van der Waals surface area contributed by atoms with Gasteiger partial charge in [-0.25, -0.2) is 0 Å². The number of rotatable bonds is 5. The first-order chi connectivity index (χ1) is 16.2. The predicted octanol–water partition coefficient (Wildman–Crippen LogP) is 2.60. The molecule has 0 radical (unpaired) electrons. The number of methoxy groups -OCH3 is 1. The highest BCUT2D eigenvalue weighted by Crippen LogP contribution is 2.43. The van der Waals surface area contributed by atoms with Crippen molar-refractivity contribution in [2.75, 3.05) is 44.9 Å². The van der Waals surface area contributed by atoms with Crippen molar-refractivity contribution in [1.82, 2.24) is 19.9 Å². The number of hydrogen-bond acceptors (Lipinski definition) is 7. The number of aromatic nitrogens is 3. The van der Waals surface area contributed by atoms with E-state index >= 15 is 0 Å². The van der Waals surface area contributed by atoms with E-state index in [1.54, 1.807) is 7.11 Å². The summed E-state index contributed by atoms with van der Waals surface area (Å²) in [5.74, 6) is 1.84. The normalized spacial score (nSPS) is 19.0. The van der Waals surface area contributed by atoms with Gasteiger partial charge in [0, 0.05) is 45.0 Å². The van der Waals surface area contributed by atoms with Crippen LogP contribution < -0.4 is 15.2 Å². The molecule has 172 valence electrons. The number of H-pyrrole nitrogens is 1. The minimum absolute atomic E-state index is 0.156. The zero-order chi connectivity index (χ0) is 22.4. The summed E-state index contributed by atoms with van der Waals surface area (Å²) in [6, 6.07) is 6.00. The number of morpholine rings is 1. The molecule has 3 aromatic rings. The van der Waals surface area contributed by atoms with Crippen LogP contribution in [0.2, 0.25) is 0 Å². The fraction of sp³-hybridized carbons (Fsp3) is 0.480. The fourth-order valence-corrected chi connectivity index (χ4v) is 5.11. The molecule has 3 aliphatic rings. The second-order valence-electron chi connectivity index (χ2n) is 9.23. The lowest BCUT2D eigenvalue weighted by Crippen LogP contribution is -2.37. The Hall–Kier alpha value is -2.97. The number of aromatic amines is 1. The zero-order valence-electron chi connectivity index (χ0n) is 19.0. The molecule has 2 aliphatic heterocycles. The molecule has 33 heavy (non-hydrogen) atoms. The third-order valence-electron chi connectivity index (χ3n) is 7.07. The van der Waals surface area contributed by atoms with Gasteiger partial charge in [-0.05, 0) is 54.0 Å². The van der Waals surface area contributed by atoms with Crippen LogP contribution in [-0.4, -0.2) is 59.8 Å². The van der Waals surface area contributed by atoms with Gasteiger partial charge in [-0.2, -0.15) is 4.98 Å². The van der Waals surface area contributed by atoms with Crippen LogP contribution in [0.5, 0.6) is 5.75 Å². The van der Waals surface area contributed by atoms with E-state index in [4.69, 9.17) is 14.5 Å². The first-order valence-corrected chi connectivity index (χ1v) is 11.8. The van der Waals surface area contributed by atoms with Crippen LogP contribution in [0.1, 0.15) is 41.1 Å². The second-order valence-corrected chi connectivity index (χ2v) is 9.23. The summed E-state index contributed by atoms with van der Waals surface area (Å²) in [6.07, 6.45) is 5.03. The van der Waals surface area contributed by atoms with E-state index in [1.165, 1.54) is 11.1 Å². The maximum Gasteiger partial charge on any atom is 0.282 e. The molecule has 6 rings (SSSR count). The highest BCUT2D eigenvalue weighted by Gasteiger charge is 2.29. The molecule has 1 aromatic carbocycles. The summed E-state index contributed by atoms with van der Waals surface area (Å²) in [5.41, 5.74) is 5.46. The molecule has 0 unspecified atom stereocenters. The molecule has 8 heteroatoms. The molecule has 2 fully saturated rings. The molecule has 0 atom stereocenters. The van der Waals surface area contributed by atoms with Gasteiger partial charge in [-0.15, -0.1) is 0 Å². The number of pyridine rings is 1. The SMILES string of the molecule is COc1cc(C2CC2)c2c(=O)nc(N3CCc4c(ccnc4CN4CCOCC4)C3)[nH]c2c1. The van der Waals surface area contributed by atoms with Crippen LogP contribution in [0.25, 0.3) is 10.9 Å². The van der Waals surface area contributed by atoms with Crippen LogP contribution in [0.3, 0.4) is 0 Å². The highest BCUT2D eigenvalue weighted by atomic mass is 16.5. The molecular formula is C25H29N5O3. The van der Waals surface area contributed by atoms with Gasteiger partial charge in [0.05, 0.1) is 36.9 Å². The Kier molecular flexibility index (Phi) is 5.27. The number of nitrogens with zero attached hydrogens (tertiary/aromatic N) is 4. The zero-order valence-corrected chi connectivity index (χ0v) is 19.0. The highest BCUT2D eigenvalue weighted by molar-refractivity contribution is 5.85. The minimum atomic E-state index is -0.156. The van der Waals surface area contributed by atoms with E-state index < -0.39 is 0 Å². The second kappa shape index (κ2) is 8.43. The maximum absolute atomic E-state index is 13.1. The Morgan fingerprint density at radius 2 is 2.06 bits per heavy atom. The van der Waals surface area contributed by atoms with Crippen molar-refractivity contribution in [2.24, 2.45) is 0 Å². The van der Waals surface area contributed by atoms with Gasteiger partial charge in [-0.1, -0.05) is 0 Å². The summed E-state index contributed by atoms with van der Waals surface area (Å²) in [7, 11) is 1.67. The first-order valence-electron chi connectivity index (χ1n) is 11.8. The lowest BCUT2D eigenvalue weighted by atomic mass is 9.98. The van der Waals surface area contributed by atoms with Crippen molar-refractivity contribution in [2.45, 2.75) is 38.3 Å². The average molecular weight is 448 g/mol. The lowest BCUT2D eigenvalue weighted by Gasteiger charge is -2.32. The number of ether oxygens (including phenoxy) is 2. The molecule has 1 saturated heterocycles. The van der Waals surface area contributed by atoms with Crippen LogP contribution in [0.15, 0.2) is 29.2 Å². The monoisotopic (exact) mass is 447 g/mol. The van der Waals surface area contributed by atoms with Gasteiger partial charge in [0.25, 0.3) is 5.56 Å². The van der Waals surface area contributed by atoms with Crippen molar-refractivity contribution in [3.63, 3.8) is 0 Å². The number of anilines is 1. The quantitative estimate of drug-likeness (QED) is 0.644. The minimum Gasteiger partial charge on any atom is -0.497 e. The summed E-state index contributed by atoms with van der Waals surface area (Å²) in [5, 5.41) is 0.705. The van der Waals surface area contributed by atoms with Gasteiger partial charge in [0.15, 0.2) is 0 Å². The van der Waals surface area contributed by atoms with Crippen molar-refractivity contribution >= 4 is 16.9 Å². The summed E-state index contributed by atoms with van der Waals surface area (Å²) in [4.78, 5) is 30.3. The Labute approximate surface area is 192 Å². The molecule has 1 saturated carbocycles. The topological polar surface area (TPSA) is 83.6 Å². The number of nitrogens with one attached hydrogen (secondary N) is 1. The Morgan fingerprint density at radius 3 is 2.85 bits per heavy atom. The molecule has 8 nitrogen and oxygen atoms in total. The number of hydrogen-bond donors (Lipinski definition) is 1. The van der Waals surface area contributed by atoms with Gasteiger partial charge < -0.3 is 19.4 Å². The van der Waals surface area contributed by atoms with Crippen LogP contribution in [0.4, 0.5) is 5.95 Å². The van der Waals surface area contributed by atoms with E-state index in [2.05, 4.69) is 25.8 Å². The number of benzene rings is 1. The standard InChI is InChI=1S/C25H29N5O3/c1-32-18-12-20(16-2-3-16)23-21(13-18)27-25(28-24(23)31)30-7-5-19-17(14-30)4-6-26-22(19)15-29-8-10-33-11-9-29/h4,6,12-13,16H,2-3,5,7-11,14-15H2,1H3,(H,27,28,31). The Morgan fingerprint density at radius 1 is 1.21 bits per heavy atom. The van der Waals surface area contributed by atoms with E-state index in [-0.39, 0.29) is 5.56 Å². The largest absolute Gasteiger partial charge is 0.497 e. The summed E-state index contributed by atoms with van der Waals surface area (Å²) < 4.78 is 11.0. The fourth-order valence-electron chi connectivity index (χ4n) is 5.11. The molecule has 2 aromatic heterocycles. The van der Waals surface area contributed by atoms with Crippen LogP contribution >= 0.6 is 0 Å². The van der Waals surface area contributed by atoms with Crippen molar-refractivity contribution in [3.05, 3.63) is 57.1 Å². The van der Waals surface area contributed by atoms with Crippen LogP contribution in [-0.2, 0) is 24.2 Å². The summed E-state index contributed by atoms with van der Waals surface area (Å²) in [6.45, 7) is 5.85. The molecular weight excluding hydrogens is 418 g/mol. The number of fused-ring (bicyclic) bond motifs is 2. The van der Waals surface area contributed by atoms with Crippen LogP contribution in [0, 0.1) is 0 Å².